The van der Waals surface area contributed by atoms with Gasteiger partial charge in [0, 0.05) is 24.7 Å². The van der Waals surface area contributed by atoms with E-state index in [0.29, 0.717) is 18.2 Å². The second-order valence-corrected chi connectivity index (χ2v) is 6.26. The second kappa shape index (κ2) is 6.12. The Morgan fingerprint density at radius 3 is 2.95 bits per heavy atom. The lowest BCUT2D eigenvalue weighted by Crippen LogP contribution is -2.37. The van der Waals surface area contributed by atoms with Crippen LogP contribution in [0.2, 0.25) is 0 Å². The number of nitro groups is 1. The topological polar surface area (TPSA) is 66.6 Å². The Morgan fingerprint density at radius 1 is 1.33 bits per heavy atom. The Balaban J connectivity index is 1.67. The molecule has 3 unspecified atom stereocenters. The Kier molecular flexibility index (Phi) is 4.22. The molecule has 114 valence electrons. The first-order chi connectivity index (χ1) is 10.1. The van der Waals surface area contributed by atoms with Gasteiger partial charge in [-0.15, -0.1) is 0 Å². The normalized spacial score (nSPS) is 27.3. The molecule has 1 aromatic rings. The predicted octanol–water partition coefficient (Wildman–Crippen LogP) is 2.89. The molecule has 1 aromatic carbocycles. The summed E-state index contributed by atoms with van der Waals surface area (Å²) in [6.45, 7) is 1.63. The third kappa shape index (κ3) is 3.09. The molecule has 1 saturated heterocycles. The van der Waals surface area contributed by atoms with E-state index in [1.165, 1.54) is 44.2 Å². The van der Waals surface area contributed by atoms with Crippen LogP contribution in [0.3, 0.4) is 0 Å². The molecule has 3 rings (SSSR count). The molecule has 1 heterocycles. The molecule has 0 aromatic heterocycles. The maximum absolute atomic E-state index is 10.8. The zero-order valence-electron chi connectivity index (χ0n) is 12.1. The van der Waals surface area contributed by atoms with E-state index in [0.717, 1.165) is 12.5 Å². The fourth-order valence-corrected chi connectivity index (χ4v) is 3.90. The lowest BCUT2D eigenvalue weighted by atomic mass is 9.85. The Morgan fingerprint density at radius 2 is 2.14 bits per heavy atom. The third-order valence-electron chi connectivity index (χ3n) is 5.00. The number of non-ortho nitro benzene ring substituents is 1. The number of hydrogen-bond donors (Lipinski definition) is 1. The maximum Gasteiger partial charge on any atom is 0.269 e. The van der Waals surface area contributed by atoms with E-state index >= 15 is 0 Å². The molecular formula is C16H22N2O3. The summed E-state index contributed by atoms with van der Waals surface area (Å²) in [6, 6.07) is 6.96. The molecule has 1 aliphatic heterocycles. The van der Waals surface area contributed by atoms with Crippen molar-refractivity contribution in [1.29, 1.82) is 0 Å². The first-order valence-electron chi connectivity index (χ1n) is 7.81. The zero-order valence-corrected chi connectivity index (χ0v) is 12.1. The SMILES string of the molecule is O=[N+]([O-])c1cccc(C(O)CN2CCC3CCCCC32)c1. The Hall–Kier alpha value is -1.46. The molecule has 1 saturated carbocycles. The van der Waals surface area contributed by atoms with E-state index in [1.54, 1.807) is 12.1 Å². The molecular weight excluding hydrogens is 268 g/mol. The number of benzene rings is 1. The quantitative estimate of drug-likeness (QED) is 0.684. The van der Waals surface area contributed by atoms with E-state index in [1.807, 2.05) is 0 Å². The molecule has 2 aliphatic rings. The van der Waals surface area contributed by atoms with Gasteiger partial charge in [-0.3, -0.25) is 15.0 Å². The van der Waals surface area contributed by atoms with Crippen LogP contribution in [0.25, 0.3) is 0 Å². The largest absolute Gasteiger partial charge is 0.387 e. The lowest BCUT2D eigenvalue weighted by Gasteiger charge is -2.32. The standard InChI is InChI=1S/C16H22N2O3/c19-16(13-5-3-6-14(10-13)18(20)21)11-17-9-8-12-4-1-2-7-15(12)17/h3,5-6,10,12,15-16,19H,1-2,4,7-9,11H2. The van der Waals surface area contributed by atoms with Crippen LogP contribution < -0.4 is 0 Å². The highest BCUT2D eigenvalue weighted by Gasteiger charge is 2.36. The minimum Gasteiger partial charge on any atom is -0.387 e. The van der Waals surface area contributed by atoms with Crippen molar-refractivity contribution in [3.8, 4) is 0 Å². The summed E-state index contributed by atoms with van der Waals surface area (Å²) in [5.41, 5.74) is 0.687. The minimum atomic E-state index is -0.648. The average Bonchev–Trinajstić information content (AvgIpc) is 2.91. The molecule has 0 spiro atoms. The summed E-state index contributed by atoms with van der Waals surface area (Å²) >= 11 is 0. The van der Waals surface area contributed by atoms with Gasteiger partial charge in [0.1, 0.15) is 0 Å². The molecule has 5 nitrogen and oxygen atoms in total. The van der Waals surface area contributed by atoms with Crippen molar-refractivity contribution in [3.63, 3.8) is 0 Å². The van der Waals surface area contributed by atoms with E-state index in [4.69, 9.17) is 0 Å². The van der Waals surface area contributed by atoms with Crippen molar-refractivity contribution in [2.45, 2.75) is 44.2 Å². The number of rotatable bonds is 4. The van der Waals surface area contributed by atoms with Crippen molar-refractivity contribution in [1.82, 2.24) is 4.90 Å². The van der Waals surface area contributed by atoms with Crippen molar-refractivity contribution in [3.05, 3.63) is 39.9 Å². The monoisotopic (exact) mass is 290 g/mol. The molecule has 0 radical (unpaired) electrons. The molecule has 21 heavy (non-hydrogen) atoms. The third-order valence-corrected chi connectivity index (χ3v) is 5.00. The highest BCUT2D eigenvalue weighted by Crippen LogP contribution is 2.37. The van der Waals surface area contributed by atoms with Crippen LogP contribution in [0, 0.1) is 16.0 Å². The van der Waals surface area contributed by atoms with Gasteiger partial charge in [0.15, 0.2) is 0 Å². The smallest absolute Gasteiger partial charge is 0.269 e. The summed E-state index contributed by atoms with van der Waals surface area (Å²) in [5.74, 6) is 0.788. The van der Waals surface area contributed by atoms with Gasteiger partial charge < -0.3 is 5.11 Å². The molecule has 0 amide bonds. The van der Waals surface area contributed by atoms with Crippen LogP contribution in [0.15, 0.2) is 24.3 Å². The van der Waals surface area contributed by atoms with Crippen LogP contribution in [0.1, 0.15) is 43.8 Å². The zero-order chi connectivity index (χ0) is 14.8. The summed E-state index contributed by atoms with van der Waals surface area (Å²) in [4.78, 5) is 12.8. The molecule has 1 N–H and O–H groups in total. The Bertz CT molecular complexity index is 520. The van der Waals surface area contributed by atoms with Crippen molar-refractivity contribution in [2.75, 3.05) is 13.1 Å². The number of nitrogens with zero attached hydrogens (tertiary/aromatic N) is 2. The predicted molar refractivity (Wildman–Crippen MR) is 80.0 cm³/mol. The van der Waals surface area contributed by atoms with Crippen molar-refractivity contribution < 1.29 is 10.0 Å². The van der Waals surface area contributed by atoms with Gasteiger partial charge in [-0.25, -0.2) is 0 Å². The first kappa shape index (κ1) is 14.5. The van der Waals surface area contributed by atoms with Gasteiger partial charge in [0.2, 0.25) is 0 Å². The molecule has 2 fully saturated rings. The van der Waals surface area contributed by atoms with Crippen LogP contribution in [-0.4, -0.2) is 34.1 Å². The first-order valence-corrected chi connectivity index (χ1v) is 7.81. The average molecular weight is 290 g/mol. The minimum absolute atomic E-state index is 0.0449. The summed E-state index contributed by atoms with van der Waals surface area (Å²) in [6.07, 6.45) is 5.74. The highest BCUT2D eigenvalue weighted by molar-refractivity contribution is 5.35. The van der Waals surface area contributed by atoms with E-state index in [2.05, 4.69) is 4.90 Å². The number of hydrogen-bond acceptors (Lipinski definition) is 4. The van der Waals surface area contributed by atoms with E-state index < -0.39 is 11.0 Å². The lowest BCUT2D eigenvalue weighted by molar-refractivity contribution is -0.385. The van der Waals surface area contributed by atoms with Gasteiger partial charge in [-0.2, -0.15) is 0 Å². The highest BCUT2D eigenvalue weighted by atomic mass is 16.6. The van der Waals surface area contributed by atoms with Gasteiger partial charge in [-0.05, 0) is 37.3 Å². The molecule has 0 bridgehead atoms. The van der Waals surface area contributed by atoms with Gasteiger partial charge in [0.25, 0.3) is 5.69 Å². The van der Waals surface area contributed by atoms with Crippen molar-refractivity contribution >= 4 is 5.69 Å². The molecule has 3 atom stereocenters. The van der Waals surface area contributed by atoms with E-state index in [9.17, 15) is 15.2 Å². The fourth-order valence-electron chi connectivity index (χ4n) is 3.90. The number of β-amino-alcohol motifs (C(OH)–C–C–N with tert-alkyl or cyclic N) is 1. The number of nitro benzene ring substituents is 1. The summed E-state index contributed by atoms with van der Waals surface area (Å²) in [5, 5.41) is 21.2. The van der Waals surface area contributed by atoms with Crippen LogP contribution >= 0.6 is 0 Å². The van der Waals surface area contributed by atoms with Crippen LogP contribution in [0.4, 0.5) is 5.69 Å². The van der Waals surface area contributed by atoms with Crippen LogP contribution in [-0.2, 0) is 0 Å². The molecule has 5 heteroatoms. The number of likely N-dealkylation sites (tertiary alicyclic amines) is 1. The number of aliphatic hydroxyl groups is 1. The van der Waals surface area contributed by atoms with Crippen molar-refractivity contribution in [2.24, 2.45) is 5.92 Å². The second-order valence-electron chi connectivity index (χ2n) is 6.26. The number of aliphatic hydroxyl groups excluding tert-OH is 1. The van der Waals surface area contributed by atoms with Gasteiger partial charge >= 0.3 is 0 Å². The fraction of sp³-hybridized carbons (Fsp3) is 0.625. The summed E-state index contributed by atoms with van der Waals surface area (Å²) < 4.78 is 0. The number of fused-ring (bicyclic) bond motifs is 1. The van der Waals surface area contributed by atoms with Crippen LogP contribution in [0.5, 0.6) is 0 Å². The van der Waals surface area contributed by atoms with Gasteiger partial charge in [-0.1, -0.05) is 25.0 Å². The van der Waals surface area contributed by atoms with E-state index in [-0.39, 0.29) is 5.69 Å². The Labute approximate surface area is 124 Å². The maximum atomic E-state index is 10.8. The van der Waals surface area contributed by atoms with Gasteiger partial charge in [0.05, 0.1) is 11.0 Å². The summed E-state index contributed by atoms with van der Waals surface area (Å²) in [7, 11) is 0. The molecule has 1 aliphatic carbocycles.